The molecular weight excluding hydrogens is 252 g/mol. The lowest BCUT2D eigenvalue weighted by molar-refractivity contribution is -0.00294. The first kappa shape index (κ1) is 12.2. The average molecular weight is 272 g/mol. The van der Waals surface area contributed by atoms with Crippen LogP contribution in [0.1, 0.15) is 53.9 Å². The fraction of sp³-hybridized carbons (Fsp3) is 0.625. The van der Waals surface area contributed by atoms with Crippen molar-refractivity contribution >= 4 is 11.7 Å². The van der Waals surface area contributed by atoms with Crippen LogP contribution in [0, 0.1) is 23.7 Å². The fourth-order valence-electron chi connectivity index (χ4n) is 5.43. The standard InChI is InChI=1S/C16H20N2O2/c17-13-7-18-6-12(16(19)20)15(13)14-10-2-8-1-9(4-10)5-11(14)3-8/h6-11,14H,1-5,17H2,(H,19,20). The third kappa shape index (κ3) is 1.67. The highest BCUT2D eigenvalue weighted by atomic mass is 16.4. The molecule has 106 valence electrons. The summed E-state index contributed by atoms with van der Waals surface area (Å²) in [6.45, 7) is 0. The number of nitrogen functional groups attached to an aromatic ring is 1. The molecule has 4 saturated carbocycles. The summed E-state index contributed by atoms with van der Waals surface area (Å²) in [6, 6.07) is 0. The predicted molar refractivity (Wildman–Crippen MR) is 75.4 cm³/mol. The summed E-state index contributed by atoms with van der Waals surface area (Å²) in [4.78, 5) is 15.5. The van der Waals surface area contributed by atoms with Crippen molar-refractivity contribution in [3.8, 4) is 0 Å². The minimum Gasteiger partial charge on any atom is -0.478 e. The van der Waals surface area contributed by atoms with E-state index in [0.29, 0.717) is 29.0 Å². The van der Waals surface area contributed by atoms with E-state index in [1.165, 1.54) is 38.3 Å². The number of hydrogen-bond donors (Lipinski definition) is 2. The molecule has 4 heteroatoms. The highest BCUT2D eigenvalue weighted by Crippen LogP contribution is 2.60. The van der Waals surface area contributed by atoms with E-state index in [9.17, 15) is 9.90 Å². The molecule has 0 amide bonds. The van der Waals surface area contributed by atoms with E-state index < -0.39 is 5.97 Å². The molecule has 0 radical (unpaired) electrons. The molecule has 20 heavy (non-hydrogen) atoms. The number of pyridine rings is 1. The molecule has 1 aromatic rings. The molecule has 4 fully saturated rings. The monoisotopic (exact) mass is 272 g/mol. The second-order valence-corrected chi connectivity index (χ2v) is 6.95. The highest BCUT2D eigenvalue weighted by molar-refractivity contribution is 5.91. The second-order valence-electron chi connectivity index (χ2n) is 6.95. The van der Waals surface area contributed by atoms with Crippen molar-refractivity contribution in [1.29, 1.82) is 0 Å². The largest absolute Gasteiger partial charge is 0.478 e. The molecule has 4 nitrogen and oxygen atoms in total. The van der Waals surface area contributed by atoms with Gasteiger partial charge in [-0.2, -0.15) is 0 Å². The van der Waals surface area contributed by atoms with Gasteiger partial charge in [0.1, 0.15) is 0 Å². The van der Waals surface area contributed by atoms with Crippen LogP contribution in [0.5, 0.6) is 0 Å². The maximum Gasteiger partial charge on any atom is 0.337 e. The molecule has 0 atom stereocenters. The van der Waals surface area contributed by atoms with Crippen LogP contribution in [0.25, 0.3) is 0 Å². The molecule has 4 bridgehead atoms. The summed E-state index contributed by atoms with van der Waals surface area (Å²) in [5, 5.41) is 9.45. The number of rotatable bonds is 2. The van der Waals surface area contributed by atoms with Crippen molar-refractivity contribution in [1.82, 2.24) is 4.98 Å². The van der Waals surface area contributed by atoms with E-state index in [4.69, 9.17) is 5.73 Å². The molecule has 1 heterocycles. The molecule has 0 saturated heterocycles. The minimum absolute atomic E-state index is 0.322. The lowest BCUT2D eigenvalue weighted by Gasteiger charge is -2.55. The second kappa shape index (κ2) is 4.21. The quantitative estimate of drug-likeness (QED) is 0.868. The average Bonchev–Trinajstić information content (AvgIpc) is 2.38. The van der Waals surface area contributed by atoms with Gasteiger partial charge in [-0.1, -0.05) is 0 Å². The fourth-order valence-corrected chi connectivity index (χ4v) is 5.43. The van der Waals surface area contributed by atoms with Gasteiger partial charge in [0, 0.05) is 6.20 Å². The van der Waals surface area contributed by atoms with Crippen LogP contribution < -0.4 is 5.73 Å². The van der Waals surface area contributed by atoms with Gasteiger partial charge in [0.2, 0.25) is 0 Å². The zero-order chi connectivity index (χ0) is 13.9. The first-order chi connectivity index (χ1) is 9.63. The highest BCUT2D eigenvalue weighted by Gasteiger charge is 2.49. The number of aromatic nitrogens is 1. The molecule has 0 aromatic carbocycles. The first-order valence-corrected chi connectivity index (χ1v) is 7.60. The Morgan fingerprint density at radius 3 is 2.25 bits per heavy atom. The normalized spacial score (nSPS) is 38.1. The van der Waals surface area contributed by atoms with E-state index >= 15 is 0 Å². The van der Waals surface area contributed by atoms with Crippen molar-refractivity contribution in [3.05, 3.63) is 23.5 Å². The Morgan fingerprint density at radius 1 is 1.10 bits per heavy atom. The Kier molecular flexibility index (Phi) is 2.56. The van der Waals surface area contributed by atoms with Gasteiger partial charge < -0.3 is 10.8 Å². The van der Waals surface area contributed by atoms with E-state index in [1.54, 1.807) is 6.20 Å². The molecule has 0 aliphatic heterocycles. The topological polar surface area (TPSA) is 76.2 Å². The Bertz CT molecular complexity index is 542. The Morgan fingerprint density at radius 2 is 1.70 bits per heavy atom. The van der Waals surface area contributed by atoms with Crippen LogP contribution in [-0.2, 0) is 0 Å². The molecule has 5 rings (SSSR count). The molecule has 0 spiro atoms. The molecule has 3 N–H and O–H groups in total. The SMILES string of the molecule is Nc1cncc(C(=O)O)c1C1C2CC3CC(C2)CC1C3. The predicted octanol–water partition coefficient (Wildman–Crippen LogP) is 2.90. The Hall–Kier alpha value is -1.58. The number of anilines is 1. The number of carbonyl (C=O) groups is 1. The maximum absolute atomic E-state index is 11.5. The van der Waals surface area contributed by atoms with Crippen LogP contribution in [-0.4, -0.2) is 16.1 Å². The number of hydrogen-bond acceptors (Lipinski definition) is 3. The van der Waals surface area contributed by atoms with Gasteiger partial charge in [-0.25, -0.2) is 4.79 Å². The summed E-state index contributed by atoms with van der Waals surface area (Å²) in [7, 11) is 0. The van der Waals surface area contributed by atoms with Gasteiger partial charge in [-0.3, -0.25) is 4.98 Å². The Labute approximate surface area is 118 Å². The van der Waals surface area contributed by atoms with Gasteiger partial charge >= 0.3 is 5.97 Å². The van der Waals surface area contributed by atoms with Crippen molar-refractivity contribution in [3.63, 3.8) is 0 Å². The molecule has 4 aliphatic rings. The van der Waals surface area contributed by atoms with Crippen LogP contribution in [0.15, 0.2) is 12.4 Å². The summed E-state index contributed by atoms with van der Waals surface area (Å²) in [5.41, 5.74) is 7.88. The van der Waals surface area contributed by atoms with E-state index in [1.807, 2.05) is 0 Å². The van der Waals surface area contributed by atoms with Gasteiger partial charge in [-0.15, -0.1) is 0 Å². The Balaban J connectivity index is 1.80. The molecule has 0 unspecified atom stereocenters. The summed E-state index contributed by atoms with van der Waals surface area (Å²) < 4.78 is 0. The van der Waals surface area contributed by atoms with E-state index in [2.05, 4.69) is 4.98 Å². The van der Waals surface area contributed by atoms with Crippen LogP contribution >= 0.6 is 0 Å². The summed E-state index contributed by atoms with van der Waals surface area (Å²) >= 11 is 0. The van der Waals surface area contributed by atoms with Gasteiger partial charge in [0.05, 0.1) is 17.4 Å². The van der Waals surface area contributed by atoms with Gasteiger partial charge in [-0.05, 0) is 67.3 Å². The zero-order valence-electron chi connectivity index (χ0n) is 11.5. The van der Waals surface area contributed by atoms with Crippen molar-refractivity contribution < 1.29 is 9.90 Å². The number of carboxylic acids is 1. The van der Waals surface area contributed by atoms with Crippen molar-refractivity contribution in [2.24, 2.45) is 23.7 Å². The maximum atomic E-state index is 11.5. The van der Waals surface area contributed by atoms with E-state index in [-0.39, 0.29) is 0 Å². The molecular formula is C16H20N2O2. The lowest BCUT2D eigenvalue weighted by atomic mass is 9.50. The smallest absolute Gasteiger partial charge is 0.337 e. The molecule has 1 aromatic heterocycles. The van der Waals surface area contributed by atoms with Gasteiger partial charge in [0.15, 0.2) is 0 Å². The zero-order valence-corrected chi connectivity index (χ0v) is 11.5. The third-order valence-electron chi connectivity index (χ3n) is 5.81. The van der Waals surface area contributed by atoms with Crippen LogP contribution in [0.3, 0.4) is 0 Å². The van der Waals surface area contributed by atoms with Crippen molar-refractivity contribution in [2.75, 3.05) is 5.73 Å². The number of nitrogens with zero attached hydrogens (tertiary/aromatic N) is 1. The number of carboxylic acid groups (broad SMARTS) is 1. The number of nitrogens with two attached hydrogens (primary N) is 1. The first-order valence-electron chi connectivity index (χ1n) is 7.60. The third-order valence-corrected chi connectivity index (χ3v) is 5.81. The van der Waals surface area contributed by atoms with Crippen LogP contribution in [0.4, 0.5) is 5.69 Å². The molecule has 4 aliphatic carbocycles. The van der Waals surface area contributed by atoms with Gasteiger partial charge in [0.25, 0.3) is 0 Å². The van der Waals surface area contributed by atoms with E-state index in [0.717, 1.165) is 17.4 Å². The van der Waals surface area contributed by atoms with Crippen LogP contribution in [0.2, 0.25) is 0 Å². The summed E-state index contributed by atoms with van der Waals surface area (Å²) in [6.07, 6.45) is 9.54. The minimum atomic E-state index is -0.895. The lowest BCUT2D eigenvalue weighted by Crippen LogP contribution is -2.44. The summed E-state index contributed by atoms with van der Waals surface area (Å²) in [5.74, 6) is 2.48. The number of aromatic carboxylic acids is 1. The van der Waals surface area contributed by atoms with Crippen molar-refractivity contribution in [2.45, 2.75) is 38.0 Å².